The number of aliphatic hydroxyl groups is 1. The topological polar surface area (TPSA) is 237 Å². The van der Waals surface area contributed by atoms with Crippen molar-refractivity contribution in [3.63, 3.8) is 0 Å². The lowest BCUT2D eigenvalue weighted by Gasteiger charge is -2.21. The number of carbonyl (C=O) groups excluding carboxylic acids is 4. The van der Waals surface area contributed by atoms with E-state index in [-0.39, 0.29) is 25.7 Å². The molecule has 3 unspecified atom stereocenters. The summed E-state index contributed by atoms with van der Waals surface area (Å²) in [6.45, 7) is 13.9. The summed E-state index contributed by atoms with van der Waals surface area (Å²) in [4.78, 5) is 72.3. The number of esters is 4. The van der Waals surface area contributed by atoms with E-state index < -0.39 is 97.5 Å². The highest BCUT2D eigenvalue weighted by atomic mass is 31.2. The predicted molar refractivity (Wildman–Crippen MR) is 340 cm³/mol. The van der Waals surface area contributed by atoms with E-state index in [1.807, 2.05) is 0 Å². The lowest BCUT2D eigenvalue weighted by molar-refractivity contribution is -0.161. The van der Waals surface area contributed by atoms with E-state index in [0.717, 1.165) is 115 Å². The minimum Gasteiger partial charge on any atom is -0.462 e. The van der Waals surface area contributed by atoms with Gasteiger partial charge in [0.2, 0.25) is 0 Å². The van der Waals surface area contributed by atoms with Gasteiger partial charge >= 0.3 is 39.5 Å². The van der Waals surface area contributed by atoms with E-state index in [4.69, 9.17) is 37.0 Å². The normalized spacial score (nSPS) is 14.7. The highest BCUT2D eigenvalue weighted by Gasteiger charge is 2.30. The summed E-state index contributed by atoms with van der Waals surface area (Å²) in [5.74, 6) is 0.753. The first-order valence-electron chi connectivity index (χ1n) is 34.2. The van der Waals surface area contributed by atoms with Crippen LogP contribution in [0.1, 0.15) is 319 Å². The summed E-state index contributed by atoms with van der Waals surface area (Å²) in [6, 6.07) is 0. The molecule has 0 saturated carbocycles. The van der Waals surface area contributed by atoms with Crippen molar-refractivity contribution in [1.29, 1.82) is 0 Å². The second-order valence-electron chi connectivity index (χ2n) is 25.5. The van der Waals surface area contributed by atoms with E-state index in [0.29, 0.717) is 37.5 Å². The van der Waals surface area contributed by atoms with Crippen molar-refractivity contribution in [2.24, 2.45) is 23.7 Å². The van der Waals surface area contributed by atoms with Gasteiger partial charge in [-0.05, 0) is 49.4 Å². The molecule has 0 radical (unpaired) electrons. The van der Waals surface area contributed by atoms with E-state index in [9.17, 15) is 43.2 Å². The molecule has 85 heavy (non-hydrogen) atoms. The van der Waals surface area contributed by atoms with Crippen LogP contribution in [0.25, 0.3) is 0 Å². The molecule has 0 spiro atoms. The zero-order chi connectivity index (χ0) is 63.2. The Balaban J connectivity index is 5.22. The molecule has 0 rings (SSSR count). The maximum atomic E-state index is 13.0. The molecule has 17 nitrogen and oxygen atoms in total. The highest BCUT2D eigenvalue weighted by Crippen LogP contribution is 2.45. The van der Waals surface area contributed by atoms with E-state index in [1.165, 1.54) is 109 Å². The van der Waals surface area contributed by atoms with Crippen LogP contribution in [0, 0.1) is 23.7 Å². The monoisotopic (exact) mass is 1250 g/mol. The quantitative estimate of drug-likeness (QED) is 0.0222. The van der Waals surface area contributed by atoms with Gasteiger partial charge in [-0.2, -0.15) is 0 Å². The lowest BCUT2D eigenvalue weighted by Crippen LogP contribution is -2.30. The largest absolute Gasteiger partial charge is 0.472 e. The van der Waals surface area contributed by atoms with Crippen molar-refractivity contribution < 1.29 is 80.2 Å². The van der Waals surface area contributed by atoms with Crippen LogP contribution in [-0.4, -0.2) is 96.7 Å². The molecule has 19 heteroatoms. The van der Waals surface area contributed by atoms with Crippen LogP contribution in [0.3, 0.4) is 0 Å². The lowest BCUT2D eigenvalue weighted by atomic mass is 10.00. The summed E-state index contributed by atoms with van der Waals surface area (Å²) in [5, 5.41) is 10.5. The first-order chi connectivity index (χ1) is 40.6. The number of aliphatic hydroxyl groups excluding tert-OH is 1. The van der Waals surface area contributed by atoms with Gasteiger partial charge in [0.15, 0.2) is 12.2 Å². The fourth-order valence-electron chi connectivity index (χ4n) is 9.75. The Morgan fingerprint density at radius 1 is 0.329 bits per heavy atom. The van der Waals surface area contributed by atoms with Crippen LogP contribution in [-0.2, 0) is 65.4 Å². The molecule has 0 bridgehead atoms. The fraction of sp³-hybridized carbons (Fsp3) is 0.939. The van der Waals surface area contributed by atoms with Gasteiger partial charge in [0.25, 0.3) is 0 Å². The summed E-state index contributed by atoms with van der Waals surface area (Å²) < 4.78 is 68.0. The van der Waals surface area contributed by atoms with Gasteiger partial charge in [-0.25, -0.2) is 9.13 Å². The molecule has 0 aromatic rings. The van der Waals surface area contributed by atoms with Gasteiger partial charge < -0.3 is 33.8 Å². The Labute approximate surface area is 517 Å². The Morgan fingerprint density at radius 3 is 0.835 bits per heavy atom. The van der Waals surface area contributed by atoms with Gasteiger partial charge in [0.05, 0.1) is 26.4 Å². The molecule has 0 fully saturated rings. The average molecular weight is 1260 g/mol. The van der Waals surface area contributed by atoms with Gasteiger partial charge in [-0.3, -0.25) is 37.3 Å². The Morgan fingerprint density at radius 2 is 0.565 bits per heavy atom. The van der Waals surface area contributed by atoms with Crippen molar-refractivity contribution in [3.05, 3.63) is 0 Å². The summed E-state index contributed by atoms with van der Waals surface area (Å²) >= 11 is 0. The smallest absolute Gasteiger partial charge is 0.462 e. The standard InChI is InChI=1S/C66H128O17P2/c1-9-59(8)45-37-29-23-25-31-39-47-64(69)77-53-62(83-66(71)49-41-33-21-17-19-27-35-43-57(4)5)55-81-85(74,75)79-51-60(67)50-78-84(72,73)80-54-61(52-76-63(68)46-38-30-24-22-28-36-44-58(6)7)82-65(70)48-40-32-20-16-14-12-10-11-13-15-18-26-34-42-56(2)3/h56-62,67H,9-55H2,1-8H3,(H,72,73)(H,74,75)/t59?,60-,61+,62+/m0/s1. The van der Waals surface area contributed by atoms with Crippen LogP contribution in [0.15, 0.2) is 0 Å². The molecular formula is C66H128O17P2. The SMILES string of the molecule is CCC(C)CCCCCCCCC(=O)OC[C@H](COP(=O)(O)OC[C@@H](O)COP(=O)(O)OC[C@@H](COC(=O)CCCCCCCCC(C)C)OC(=O)CCCCCCCCCCCCCCCC(C)C)OC(=O)CCCCCCCCCC(C)C. The van der Waals surface area contributed by atoms with Gasteiger partial charge in [0, 0.05) is 25.7 Å². The fourth-order valence-corrected chi connectivity index (χ4v) is 11.3. The van der Waals surface area contributed by atoms with Crippen LogP contribution in [0.5, 0.6) is 0 Å². The first kappa shape index (κ1) is 83.1. The third kappa shape index (κ3) is 59.5. The molecule has 6 atom stereocenters. The van der Waals surface area contributed by atoms with Gasteiger partial charge in [0.1, 0.15) is 19.3 Å². The molecule has 0 aliphatic heterocycles. The van der Waals surface area contributed by atoms with Crippen LogP contribution in [0.4, 0.5) is 0 Å². The summed E-state index contributed by atoms with van der Waals surface area (Å²) in [5.41, 5.74) is 0. The number of rotatable bonds is 63. The van der Waals surface area contributed by atoms with Crippen molar-refractivity contribution in [1.82, 2.24) is 0 Å². The second-order valence-corrected chi connectivity index (χ2v) is 28.4. The molecule has 3 N–H and O–H groups in total. The second kappa shape index (κ2) is 56.1. The minimum absolute atomic E-state index is 0.102. The first-order valence-corrected chi connectivity index (χ1v) is 37.2. The zero-order valence-electron chi connectivity index (χ0n) is 55.2. The number of phosphoric ester groups is 2. The van der Waals surface area contributed by atoms with Gasteiger partial charge in [-0.1, -0.05) is 267 Å². The molecular weight excluding hydrogens is 1130 g/mol. The number of hydrogen-bond acceptors (Lipinski definition) is 15. The minimum atomic E-state index is -4.95. The Bertz CT molecular complexity index is 1700. The van der Waals surface area contributed by atoms with E-state index in [2.05, 4.69) is 55.4 Å². The van der Waals surface area contributed by atoms with E-state index >= 15 is 0 Å². The average Bonchev–Trinajstić information content (AvgIpc) is 3.55. The third-order valence-corrected chi connectivity index (χ3v) is 17.3. The number of hydrogen-bond donors (Lipinski definition) is 3. The molecule has 0 aliphatic rings. The number of phosphoric acid groups is 2. The molecule has 0 amide bonds. The molecule has 0 saturated heterocycles. The maximum Gasteiger partial charge on any atom is 0.472 e. The number of carbonyl (C=O) groups is 4. The van der Waals surface area contributed by atoms with Crippen LogP contribution < -0.4 is 0 Å². The number of unbranched alkanes of at least 4 members (excludes halogenated alkanes) is 28. The van der Waals surface area contributed by atoms with Crippen LogP contribution in [0.2, 0.25) is 0 Å². The van der Waals surface area contributed by atoms with Crippen molar-refractivity contribution in [3.8, 4) is 0 Å². The van der Waals surface area contributed by atoms with Crippen molar-refractivity contribution >= 4 is 39.5 Å². The van der Waals surface area contributed by atoms with Crippen LogP contribution >= 0.6 is 15.6 Å². The third-order valence-electron chi connectivity index (χ3n) is 15.4. The maximum absolute atomic E-state index is 13.0. The van der Waals surface area contributed by atoms with E-state index in [1.54, 1.807) is 0 Å². The number of ether oxygens (including phenoxy) is 4. The summed E-state index contributed by atoms with van der Waals surface area (Å²) in [6.07, 6.45) is 36.5. The predicted octanol–water partition coefficient (Wildman–Crippen LogP) is 18.1. The molecule has 0 heterocycles. The van der Waals surface area contributed by atoms with Crippen molar-refractivity contribution in [2.45, 2.75) is 337 Å². The van der Waals surface area contributed by atoms with Crippen molar-refractivity contribution in [2.75, 3.05) is 39.6 Å². The summed E-state index contributed by atoms with van der Waals surface area (Å²) in [7, 11) is -9.89. The Hall–Kier alpha value is -1.94. The molecule has 0 aliphatic carbocycles. The Kier molecular flexibility index (Phi) is 54.8. The highest BCUT2D eigenvalue weighted by molar-refractivity contribution is 7.47. The molecule has 0 aromatic heterocycles. The molecule has 0 aromatic carbocycles. The molecule has 504 valence electrons. The van der Waals surface area contributed by atoms with Gasteiger partial charge in [-0.15, -0.1) is 0 Å². The zero-order valence-corrected chi connectivity index (χ0v) is 57.0.